The zero-order valence-corrected chi connectivity index (χ0v) is 14.0. The third kappa shape index (κ3) is 3.27. The maximum atomic E-state index is 5.39. The van der Waals surface area contributed by atoms with Gasteiger partial charge < -0.3 is 9.47 Å². The molecule has 6 heteroatoms. The number of nitrogens with one attached hydrogen (secondary N) is 1. The Morgan fingerprint density at radius 1 is 1.13 bits per heavy atom. The average molecular weight is 327 g/mol. The van der Waals surface area contributed by atoms with E-state index in [2.05, 4.69) is 15.5 Å². The Morgan fingerprint density at radius 3 is 2.70 bits per heavy atom. The van der Waals surface area contributed by atoms with E-state index in [0.29, 0.717) is 0 Å². The molecule has 0 aliphatic heterocycles. The van der Waals surface area contributed by atoms with E-state index in [9.17, 15) is 0 Å². The van der Waals surface area contributed by atoms with Crippen molar-refractivity contribution in [3.8, 4) is 11.5 Å². The maximum absolute atomic E-state index is 5.39. The molecule has 0 bridgehead atoms. The molecule has 1 heterocycles. The van der Waals surface area contributed by atoms with E-state index in [1.807, 2.05) is 49.4 Å². The topological polar surface area (TPSA) is 55.7 Å². The third-order valence-electron chi connectivity index (χ3n) is 3.41. The predicted molar refractivity (Wildman–Crippen MR) is 95.0 cm³/mol. The second kappa shape index (κ2) is 6.66. The minimum Gasteiger partial charge on any atom is -0.497 e. The molecule has 3 aromatic rings. The smallest absolute Gasteiger partial charge is 0.204 e. The highest BCUT2D eigenvalue weighted by Gasteiger charge is 2.09. The number of rotatable bonds is 5. The highest BCUT2D eigenvalue weighted by molar-refractivity contribution is 7.22. The van der Waals surface area contributed by atoms with Crippen LogP contribution >= 0.6 is 11.3 Å². The summed E-state index contributed by atoms with van der Waals surface area (Å²) < 4.78 is 11.8. The molecule has 0 amide bonds. The number of methoxy groups -OCH3 is 2. The Morgan fingerprint density at radius 2 is 1.96 bits per heavy atom. The summed E-state index contributed by atoms with van der Waals surface area (Å²) in [6.45, 7) is 1.91. The summed E-state index contributed by atoms with van der Waals surface area (Å²) in [6.07, 6.45) is 0. The Labute approximate surface area is 138 Å². The Balaban J connectivity index is 1.87. The lowest BCUT2D eigenvalue weighted by molar-refractivity contribution is 0.402. The van der Waals surface area contributed by atoms with Gasteiger partial charge in [0.25, 0.3) is 0 Å². The number of hydrogen-bond donors (Lipinski definition) is 1. The van der Waals surface area contributed by atoms with Gasteiger partial charge in [-0.1, -0.05) is 23.5 Å². The van der Waals surface area contributed by atoms with Crippen molar-refractivity contribution in [2.45, 2.75) is 6.92 Å². The van der Waals surface area contributed by atoms with Crippen LogP contribution in [0.2, 0.25) is 0 Å². The van der Waals surface area contributed by atoms with E-state index < -0.39 is 0 Å². The van der Waals surface area contributed by atoms with Crippen molar-refractivity contribution in [3.05, 3.63) is 48.0 Å². The molecule has 0 saturated heterocycles. The lowest BCUT2D eigenvalue weighted by Gasteiger charge is -2.10. The lowest BCUT2D eigenvalue weighted by Crippen LogP contribution is -2.03. The van der Waals surface area contributed by atoms with Gasteiger partial charge in [-0.3, -0.25) is 5.43 Å². The molecule has 1 aromatic heterocycles. The molecule has 0 saturated carbocycles. The number of hydrogen-bond acceptors (Lipinski definition) is 6. The summed E-state index contributed by atoms with van der Waals surface area (Å²) in [4.78, 5) is 4.50. The van der Waals surface area contributed by atoms with Crippen molar-refractivity contribution >= 4 is 32.4 Å². The molecule has 3 rings (SSSR count). The minimum atomic E-state index is 0.748. The molecular weight excluding hydrogens is 310 g/mol. The molecule has 23 heavy (non-hydrogen) atoms. The molecule has 118 valence electrons. The van der Waals surface area contributed by atoms with E-state index in [-0.39, 0.29) is 0 Å². The standard InChI is InChI=1S/C17H17N3O2S/c1-11(13-10-12(21-2)8-9-15(13)22-3)19-20-17-18-14-6-4-5-7-16(14)23-17/h4-10H,1-3H3,(H,18,20)/b19-11+. The van der Waals surface area contributed by atoms with Crippen LogP contribution in [0.25, 0.3) is 10.2 Å². The largest absolute Gasteiger partial charge is 0.497 e. The van der Waals surface area contributed by atoms with Gasteiger partial charge in [-0.15, -0.1) is 0 Å². The molecule has 0 spiro atoms. The van der Waals surface area contributed by atoms with Gasteiger partial charge in [-0.2, -0.15) is 5.10 Å². The Kier molecular flexibility index (Phi) is 4.43. The first kappa shape index (κ1) is 15.3. The molecule has 0 radical (unpaired) electrons. The molecule has 5 nitrogen and oxygen atoms in total. The van der Waals surface area contributed by atoms with E-state index in [4.69, 9.17) is 9.47 Å². The predicted octanol–water partition coefficient (Wildman–Crippen LogP) is 4.15. The molecule has 0 aliphatic carbocycles. The number of hydrazone groups is 1. The Hall–Kier alpha value is -2.60. The first-order chi connectivity index (χ1) is 11.2. The number of thiazole rings is 1. The van der Waals surface area contributed by atoms with Crippen molar-refractivity contribution < 1.29 is 9.47 Å². The summed E-state index contributed by atoms with van der Waals surface area (Å²) in [5, 5.41) is 5.18. The zero-order valence-electron chi connectivity index (χ0n) is 13.2. The fraction of sp³-hybridized carbons (Fsp3) is 0.176. The van der Waals surface area contributed by atoms with Gasteiger partial charge in [0.05, 0.1) is 30.1 Å². The van der Waals surface area contributed by atoms with Crippen molar-refractivity contribution in [1.82, 2.24) is 4.98 Å². The zero-order chi connectivity index (χ0) is 16.2. The van der Waals surface area contributed by atoms with Crippen LogP contribution in [0, 0.1) is 0 Å². The highest BCUT2D eigenvalue weighted by Crippen LogP contribution is 2.27. The third-order valence-corrected chi connectivity index (χ3v) is 4.35. The quantitative estimate of drug-likeness (QED) is 0.565. The van der Waals surface area contributed by atoms with Crippen LogP contribution in [-0.2, 0) is 0 Å². The molecule has 0 unspecified atom stereocenters. The van der Waals surface area contributed by atoms with Gasteiger partial charge in [0.15, 0.2) is 0 Å². The normalized spacial score (nSPS) is 11.5. The molecule has 0 fully saturated rings. The number of nitrogens with zero attached hydrogens (tertiary/aromatic N) is 2. The molecule has 1 N–H and O–H groups in total. The number of para-hydroxylation sites is 1. The van der Waals surface area contributed by atoms with Gasteiger partial charge in [0.1, 0.15) is 11.5 Å². The summed E-state index contributed by atoms with van der Waals surface area (Å²) >= 11 is 1.57. The Bertz CT molecular complexity index is 825. The van der Waals surface area contributed by atoms with Gasteiger partial charge >= 0.3 is 0 Å². The van der Waals surface area contributed by atoms with Gasteiger partial charge in [0.2, 0.25) is 5.13 Å². The number of fused-ring (bicyclic) bond motifs is 1. The molecule has 2 aromatic carbocycles. The van der Waals surface area contributed by atoms with E-state index in [0.717, 1.165) is 38.1 Å². The van der Waals surface area contributed by atoms with E-state index in [1.165, 1.54) is 0 Å². The summed E-state index contributed by atoms with van der Waals surface area (Å²) in [7, 11) is 3.27. The first-order valence-corrected chi connectivity index (χ1v) is 7.91. The van der Waals surface area contributed by atoms with Gasteiger partial charge in [-0.05, 0) is 37.3 Å². The van der Waals surface area contributed by atoms with Crippen molar-refractivity contribution in [3.63, 3.8) is 0 Å². The van der Waals surface area contributed by atoms with Crippen LogP contribution in [0.1, 0.15) is 12.5 Å². The first-order valence-electron chi connectivity index (χ1n) is 7.09. The second-order valence-corrected chi connectivity index (χ2v) is 5.89. The van der Waals surface area contributed by atoms with Crippen LogP contribution < -0.4 is 14.9 Å². The number of ether oxygens (including phenoxy) is 2. The monoisotopic (exact) mass is 327 g/mol. The maximum Gasteiger partial charge on any atom is 0.204 e. The minimum absolute atomic E-state index is 0.748. The summed E-state index contributed by atoms with van der Waals surface area (Å²) in [6, 6.07) is 13.6. The van der Waals surface area contributed by atoms with Crippen LogP contribution in [0.4, 0.5) is 5.13 Å². The van der Waals surface area contributed by atoms with Crippen LogP contribution in [0.5, 0.6) is 11.5 Å². The summed E-state index contributed by atoms with van der Waals surface area (Å²) in [5.41, 5.74) is 5.65. The van der Waals surface area contributed by atoms with Gasteiger partial charge in [0, 0.05) is 5.56 Å². The highest BCUT2D eigenvalue weighted by atomic mass is 32.1. The van der Waals surface area contributed by atoms with Crippen molar-refractivity contribution in [1.29, 1.82) is 0 Å². The number of benzene rings is 2. The van der Waals surface area contributed by atoms with Crippen LogP contribution in [0.15, 0.2) is 47.6 Å². The second-order valence-electron chi connectivity index (χ2n) is 4.86. The molecule has 0 atom stereocenters. The number of anilines is 1. The molecular formula is C17H17N3O2S. The SMILES string of the molecule is COc1ccc(OC)c(/C(C)=N/Nc2nc3ccccc3s2)c1. The van der Waals surface area contributed by atoms with Crippen LogP contribution in [-0.4, -0.2) is 24.9 Å². The summed E-state index contributed by atoms with van der Waals surface area (Å²) in [5.74, 6) is 1.51. The average Bonchev–Trinajstić information content (AvgIpc) is 3.02. The van der Waals surface area contributed by atoms with Gasteiger partial charge in [-0.25, -0.2) is 4.98 Å². The number of aromatic nitrogens is 1. The lowest BCUT2D eigenvalue weighted by atomic mass is 10.1. The van der Waals surface area contributed by atoms with Crippen molar-refractivity contribution in [2.24, 2.45) is 5.10 Å². The fourth-order valence-corrected chi connectivity index (χ4v) is 3.02. The van der Waals surface area contributed by atoms with Crippen LogP contribution in [0.3, 0.4) is 0 Å². The molecule has 0 aliphatic rings. The van der Waals surface area contributed by atoms with Crippen molar-refractivity contribution in [2.75, 3.05) is 19.6 Å². The fourth-order valence-electron chi connectivity index (χ4n) is 2.21. The van der Waals surface area contributed by atoms with E-state index in [1.54, 1.807) is 25.6 Å². The van der Waals surface area contributed by atoms with E-state index >= 15 is 0 Å².